The number of aliphatic carboxylic acids is 1. The van der Waals surface area contributed by atoms with Gasteiger partial charge in [0.05, 0.1) is 5.56 Å². The maximum Gasteiger partial charge on any atom is 0.336 e. The number of benzene rings is 2. The van der Waals surface area contributed by atoms with Crippen LogP contribution >= 0.6 is 0 Å². The SMILES string of the molecule is NC(Cc1ccc(O)cc1OC(=O)C(N)Cc1ccc(O)cc1C(=O)O)C(=O)O. The van der Waals surface area contributed by atoms with Gasteiger partial charge in [-0.25, -0.2) is 9.59 Å². The van der Waals surface area contributed by atoms with Crippen molar-refractivity contribution in [3.05, 3.63) is 53.1 Å². The molecule has 0 bridgehead atoms. The van der Waals surface area contributed by atoms with Crippen LogP contribution in [0.2, 0.25) is 0 Å². The lowest BCUT2D eigenvalue weighted by molar-refractivity contribution is -0.138. The van der Waals surface area contributed by atoms with Crippen LogP contribution in [-0.4, -0.2) is 50.4 Å². The van der Waals surface area contributed by atoms with Gasteiger partial charge in [-0.3, -0.25) is 4.79 Å². The van der Waals surface area contributed by atoms with E-state index in [0.29, 0.717) is 0 Å². The second-order valence-electron chi connectivity index (χ2n) is 6.32. The molecule has 0 aliphatic heterocycles. The van der Waals surface area contributed by atoms with Crippen molar-refractivity contribution in [3.63, 3.8) is 0 Å². The number of phenolic OH excluding ortho intramolecular Hbond substituents is 2. The lowest BCUT2D eigenvalue weighted by Crippen LogP contribution is -2.37. The predicted molar refractivity (Wildman–Crippen MR) is 99.8 cm³/mol. The van der Waals surface area contributed by atoms with E-state index in [1.54, 1.807) is 0 Å². The molecule has 2 aromatic rings. The molecule has 2 aromatic carbocycles. The third kappa shape index (κ3) is 5.67. The zero-order chi connectivity index (χ0) is 21.7. The number of carboxylic acids is 2. The second kappa shape index (κ2) is 9.04. The average molecular weight is 404 g/mol. The van der Waals surface area contributed by atoms with Gasteiger partial charge in [-0.2, -0.15) is 0 Å². The molecule has 0 radical (unpaired) electrons. The summed E-state index contributed by atoms with van der Waals surface area (Å²) in [6.45, 7) is 0. The van der Waals surface area contributed by atoms with Gasteiger partial charge >= 0.3 is 17.9 Å². The topological polar surface area (TPSA) is 193 Å². The summed E-state index contributed by atoms with van der Waals surface area (Å²) in [6.07, 6.45) is -0.349. The number of hydrogen-bond donors (Lipinski definition) is 6. The highest BCUT2D eigenvalue weighted by Gasteiger charge is 2.23. The smallest absolute Gasteiger partial charge is 0.336 e. The number of aromatic hydroxyl groups is 2. The zero-order valence-corrected chi connectivity index (χ0v) is 15.1. The fraction of sp³-hybridized carbons (Fsp3) is 0.211. The number of esters is 1. The van der Waals surface area contributed by atoms with Gasteiger partial charge in [-0.1, -0.05) is 12.1 Å². The van der Waals surface area contributed by atoms with Crippen LogP contribution in [0.25, 0.3) is 0 Å². The maximum atomic E-state index is 12.4. The van der Waals surface area contributed by atoms with Crippen LogP contribution in [0.5, 0.6) is 17.2 Å². The van der Waals surface area contributed by atoms with Gasteiger partial charge in [0.2, 0.25) is 0 Å². The number of carboxylic acid groups (broad SMARTS) is 2. The Morgan fingerprint density at radius 1 is 0.862 bits per heavy atom. The summed E-state index contributed by atoms with van der Waals surface area (Å²) in [5.41, 5.74) is 11.6. The van der Waals surface area contributed by atoms with Gasteiger partial charge in [0, 0.05) is 12.5 Å². The zero-order valence-electron chi connectivity index (χ0n) is 15.1. The number of rotatable bonds is 8. The lowest BCUT2D eigenvalue weighted by Gasteiger charge is -2.16. The van der Waals surface area contributed by atoms with E-state index in [1.165, 1.54) is 24.3 Å². The Bertz CT molecular complexity index is 944. The molecule has 29 heavy (non-hydrogen) atoms. The molecule has 10 heteroatoms. The van der Waals surface area contributed by atoms with Crippen LogP contribution in [0, 0.1) is 0 Å². The summed E-state index contributed by atoms with van der Waals surface area (Å²) in [7, 11) is 0. The quantitative estimate of drug-likeness (QED) is 0.262. The van der Waals surface area contributed by atoms with Crippen LogP contribution in [0.1, 0.15) is 21.5 Å². The van der Waals surface area contributed by atoms with E-state index < -0.39 is 30.0 Å². The van der Waals surface area contributed by atoms with Crippen molar-refractivity contribution in [1.29, 1.82) is 0 Å². The summed E-state index contributed by atoms with van der Waals surface area (Å²) in [4.78, 5) is 34.6. The van der Waals surface area contributed by atoms with Crippen molar-refractivity contribution >= 4 is 17.9 Å². The molecule has 0 aliphatic rings. The molecular formula is C19H20N2O8. The number of carbonyl (C=O) groups excluding carboxylic acids is 1. The van der Waals surface area contributed by atoms with Crippen LogP contribution in [0.15, 0.2) is 36.4 Å². The van der Waals surface area contributed by atoms with Crippen LogP contribution in [-0.2, 0) is 22.4 Å². The van der Waals surface area contributed by atoms with Gasteiger partial charge < -0.3 is 36.6 Å². The first-order valence-corrected chi connectivity index (χ1v) is 8.41. The summed E-state index contributed by atoms with van der Waals surface area (Å²) in [5, 5.41) is 37.2. The summed E-state index contributed by atoms with van der Waals surface area (Å²) >= 11 is 0. The number of aromatic carboxylic acids is 1. The Morgan fingerprint density at radius 2 is 1.41 bits per heavy atom. The van der Waals surface area contributed by atoms with Crippen molar-refractivity contribution < 1.29 is 39.5 Å². The Labute approximate surface area is 164 Å². The Hall–Kier alpha value is -3.63. The number of carbonyl (C=O) groups is 3. The Morgan fingerprint density at radius 3 is 2.00 bits per heavy atom. The molecule has 0 saturated heterocycles. The molecule has 0 fully saturated rings. The van der Waals surface area contributed by atoms with Crippen LogP contribution in [0.4, 0.5) is 0 Å². The van der Waals surface area contributed by atoms with Crippen molar-refractivity contribution in [2.75, 3.05) is 0 Å². The van der Waals surface area contributed by atoms with Crippen molar-refractivity contribution in [1.82, 2.24) is 0 Å². The number of nitrogens with two attached hydrogens (primary N) is 2. The monoisotopic (exact) mass is 404 g/mol. The molecule has 154 valence electrons. The molecule has 2 unspecified atom stereocenters. The molecule has 8 N–H and O–H groups in total. The van der Waals surface area contributed by atoms with Gasteiger partial charge in [-0.05, 0) is 35.7 Å². The summed E-state index contributed by atoms with van der Waals surface area (Å²) in [5.74, 6) is -4.05. The van der Waals surface area contributed by atoms with Gasteiger partial charge in [0.15, 0.2) is 0 Å². The van der Waals surface area contributed by atoms with Crippen LogP contribution < -0.4 is 16.2 Å². The largest absolute Gasteiger partial charge is 0.508 e. The van der Waals surface area contributed by atoms with Crippen molar-refractivity contribution in [2.24, 2.45) is 11.5 Å². The van der Waals surface area contributed by atoms with Crippen molar-refractivity contribution in [3.8, 4) is 17.2 Å². The minimum Gasteiger partial charge on any atom is -0.508 e. The number of hydrogen-bond acceptors (Lipinski definition) is 8. The third-order valence-corrected chi connectivity index (χ3v) is 4.08. The van der Waals surface area contributed by atoms with E-state index >= 15 is 0 Å². The fourth-order valence-corrected chi connectivity index (χ4v) is 2.58. The highest BCUT2D eigenvalue weighted by atomic mass is 16.5. The van der Waals surface area contributed by atoms with Gasteiger partial charge in [0.1, 0.15) is 29.3 Å². The minimum atomic E-state index is -1.30. The molecule has 2 rings (SSSR count). The molecule has 0 amide bonds. The van der Waals surface area contributed by atoms with Gasteiger partial charge in [-0.15, -0.1) is 0 Å². The van der Waals surface area contributed by atoms with Crippen molar-refractivity contribution in [2.45, 2.75) is 24.9 Å². The van der Waals surface area contributed by atoms with E-state index in [4.69, 9.17) is 21.3 Å². The average Bonchev–Trinajstić information content (AvgIpc) is 2.64. The first-order chi connectivity index (χ1) is 13.6. The standard InChI is InChI=1S/C19H20N2O8/c20-14(18(26)27)6-10-2-4-12(23)8-16(10)29-19(28)15(21)5-9-1-3-11(22)7-13(9)17(24)25/h1-4,7-8,14-15,22-23H,5-6,20-21H2,(H,24,25)(H,26,27). The highest BCUT2D eigenvalue weighted by molar-refractivity contribution is 5.90. The second-order valence-corrected chi connectivity index (χ2v) is 6.32. The number of ether oxygens (including phenoxy) is 1. The highest BCUT2D eigenvalue weighted by Crippen LogP contribution is 2.26. The van der Waals surface area contributed by atoms with Gasteiger partial charge in [0.25, 0.3) is 0 Å². The van der Waals surface area contributed by atoms with E-state index in [-0.39, 0.29) is 46.8 Å². The third-order valence-electron chi connectivity index (χ3n) is 4.08. The first kappa shape index (κ1) is 21.7. The molecule has 0 aliphatic carbocycles. The Balaban J connectivity index is 2.19. The molecule has 0 spiro atoms. The molecule has 10 nitrogen and oxygen atoms in total. The predicted octanol–water partition coefficient (Wildman–Crippen LogP) is 0.226. The molecule has 0 aromatic heterocycles. The van der Waals surface area contributed by atoms with E-state index in [2.05, 4.69) is 0 Å². The summed E-state index contributed by atoms with van der Waals surface area (Å²) < 4.78 is 5.20. The minimum absolute atomic E-state index is 0.105. The molecular weight excluding hydrogens is 384 g/mol. The first-order valence-electron chi connectivity index (χ1n) is 8.41. The van der Waals surface area contributed by atoms with E-state index in [9.17, 15) is 29.7 Å². The fourth-order valence-electron chi connectivity index (χ4n) is 2.58. The molecule has 2 atom stereocenters. The van der Waals surface area contributed by atoms with E-state index in [0.717, 1.165) is 12.1 Å². The molecule has 0 heterocycles. The normalized spacial score (nSPS) is 12.8. The maximum absolute atomic E-state index is 12.4. The summed E-state index contributed by atoms with van der Waals surface area (Å²) in [6, 6.07) is 4.90. The lowest BCUT2D eigenvalue weighted by atomic mass is 10.00. The number of phenols is 2. The van der Waals surface area contributed by atoms with E-state index in [1.807, 2.05) is 0 Å². The van der Waals surface area contributed by atoms with Crippen LogP contribution in [0.3, 0.4) is 0 Å². The molecule has 0 saturated carbocycles. The Kier molecular flexibility index (Phi) is 6.75.